The SMILES string of the molecule is O=C(/C=C/c1csc(-c2cccs2)n1)c1ccc(F)cc1. The van der Waals surface area contributed by atoms with Gasteiger partial charge in [0.2, 0.25) is 0 Å². The molecule has 0 unspecified atom stereocenters. The number of carbonyl (C=O) groups excluding carboxylic acids is 1. The molecule has 0 N–H and O–H groups in total. The van der Waals surface area contributed by atoms with Gasteiger partial charge in [0.25, 0.3) is 0 Å². The summed E-state index contributed by atoms with van der Waals surface area (Å²) >= 11 is 3.18. The molecule has 104 valence electrons. The zero-order valence-corrected chi connectivity index (χ0v) is 12.5. The van der Waals surface area contributed by atoms with Crippen LogP contribution in [-0.4, -0.2) is 10.8 Å². The Bertz CT molecular complexity index is 773. The normalized spacial score (nSPS) is 11.1. The Hall–Kier alpha value is -2.11. The average molecular weight is 315 g/mol. The molecule has 21 heavy (non-hydrogen) atoms. The van der Waals surface area contributed by atoms with E-state index in [0.29, 0.717) is 5.56 Å². The molecule has 0 spiro atoms. The lowest BCUT2D eigenvalue weighted by molar-refractivity contribution is 0.104. The average Bonchev–Trinajstić information content (AvgIpc) is 3.16. The molecule has 3 rings (SSSR count). The minimum absolute atomic E-state index is 0.166. The van der Waals surface area contributed by atoms with Crippen molar-refractivity contribution in [1.82, 2.24) is 4.98 Å². The first-order valence-electron chi connectivity index (χ1n) is 6.20. The van der Waals surface area contributed by atoms with E-state index in [4.69, 9.17) is 0 Å². The molecule has 0 saturated carbocycles. The van der Waals surface area contributed by atoms with Crippen LogP contribution in [0.4, 0.5) is 4.39 Å². The Kier molecular flexibility index (Phi) is 4.03. The molecule has 0 amide bonds. The molecular formula is C16H10FNOS2. The first kappa shape index (κ1) is 13.9. The molecule has 3 aromatic rings. The monoisotopic (exact) mass is 315 g/mol. The van der Waals surface area contributed by atoms with E-state index in [1.165, 1.54) is 30.3 Å². The highest BCUT2D eigenvalue weighted by atomic mass is 32.1. The molecule has 0 aliphatic heterocycles. The van der Waals surface area contributed by atoms with Gasteiger partial charge in [-0.05, 0) is 47.9 Å². The van der Waals surface area contributed by atoms with Gasteiger partial charge in [-0.15, -0.1) is 22.7 Å². The molecular weight excluding hydrogens is 305 g/mol. The number of halogens is 1. The van der Waals surface area contributed by atoms with E-state index in [1.54, 1.807) is 28.7 Å². The lowest BCUT2D eigenvalue weighted by Crippen LogP contribution is -1.93. The molecule has 0 saturated heterocycles. The summed E-state index contributed by atoms with van der Waals surface area (Å²) in [6.07, 6.45) is 3.14. The van der Waals surface area contributed by atoms with Crippen molar-refractivity contribution in [2.24, 2.45) is 0 Å². The van der Waals surface area contributed by atoms with Crippen molar-refractivity contribution >= 4 is 34.5 Å². The van der Waals surface area contributed by atoms with Crippen molar-refractivity contribution < 1.29 is 9.18 Å². The Balaban J connectivity index is 1.74. The second-order valence-corrected chi connectivity index (χ2v) is 6.07. The molecule has 0 aliphatic carbocycles. The maximum Gasteiger partial charge on any atom is 0.185 e. The Labute approximate surface area is 129 Å². The van der Waals surface area contributed by atoms with Crippen LogP contribution in [0.5, 0.6) is 0 Å². The lowest BCUT2D eigenvalue weighted by Gasteiger charge is -1.94. The van der Waals surface area contributed by atoms with Crippen LogP contribution in [-0.2, 0) is 0 Å². The van der Waals surface area contributed by atoms with Crippen molar-refractivity contribution in [2.45, 2.75) is 0 Å². The predicted octanol–water partition coefficient (Wildman–Crippen LogP) is 4.91. The number of allylic oxidation sites excluding steroid dienone is 1. The van der Waals surface area contributed by atoms with E-state index < -0.39 is 0 Å². The summed E-state index contributed by atoms with van der Waals surface area (Å²) < 4.78 is 12.8. The molecule has 0 fully saturated rings. The van der Waals surface area contributed by atoms with Crippen LogP contribution in [0.1, 0.15) is 16.1 Å². The van der Waals surface area contributed by atoms with E-state index in [2.05, 4.69) is 4.98 Å². The highest BCUT2D eigenvalue weighted by Gasteiger charge is 2.05. The summed E-state index contributed by atoms with van der Waals surface area (Å²) in [5.41, 5.74) is 1.21. The van der Waals surface area contributed by atoms with Crippen molar-refractivity contribution in [2.75, 3.05) is 0 Å². The highest BCUT2D eigenvalue weighted by molar-refractivity contribution is 7.20. The van der Waals surface area contributed by atoms with Crippen LogP contribution < -0.4 is 0 Å². The fraction of sp³-hybridized carbons (Fsp3) is 0. The van der Waals surface area contributed by atoms with E-state index in [9.17, 15) is 9.18 Å². The molecule has 5 heteroatoms. The molecule has 1 aromatic carbocycles. The minimum Gasteiger partial charge on any atom is -0.289 e. The Morgan fingerprint density at radius 1 is 1.14 bits per heavy atom. The first-order chi connectivity index (χ1) is 10.2. The number of nitrogens with zero attached hydrogens (tertiary/aromatic N) is 1. The van der Waals surface area contributed by atoms with Crippen molar-refractivity contribution in [1.29, 1.82) is 0 Å². The lowest BCUT2D eigenvalue weighted by atomic mass is 10.1. The Morgan fingerprint density at radius 3 is 2.67 bits per heavy atom. The summed E-state index contributed by atoms with van der Waals surface area (Å²) in [5, 5.41) is 4.85. The van der Waals surface area contributed by atoms with Gasteiger partial charge < -0.3 is 0 Å². The third-order valence-corrected chi connectivity index (χ3v) is 4.69. The number of carbonyl (C=O) groups is 1. The van der Waals surface area contributed by atoms with E-state index >= 15 is 0 Å². The largest absolute Gasteiger partial charge is 0.289 e. The number of thiazole rings is 1. The number of thiophene rings is 1. The van der Waals surface area contributed by atoms with Crippen LogP contribution >= 0.6 is 22.7 Å². The smallest absolute Gasteiger partial charge is 0.185 e. The van der Waals surface area contributed by atoms with Gasteiger partial charge in [-0.2, -0.15) is 0 Å². The number of benzene rings is 1. The van der Waals surface area contributed by atoms with E-state index in [1.807, 2.05) is 22.9 Å². The summed E-state index contributed by atoms with van der Waals surface area (Å²) in [6, 6.07) is 9.49. The number of rotatable bonds is 4. The topological polar surface area (TPSA) is 30.0 Å². The molecule has 0 radical (unpaired) electrons. The van der Waals surface area contributed by atoms with Gasteiger partial charge in [-0.3, -0.25) is 4.79 Å². The number of ketones is 1. The van der Waals surface area contributed by atoms with Crippen LogP contribution in [0, 0.1) is 5.82 Å². The second kappa shape index (κ2) is 6.11. The molecule has 0 aliphatic rings. The van der Waals surface area contributed by atoms with Gasteiger partial charge in [0.05, 0.1) is 10.6 Å². The highest BCUT2D eigenvalue weighted by Crippen LogP contribution is 2.28. The Morgan fingerprint density at radius 2 is 1.95 bits per heavy atom. The molecule has 2 heterocycles. The second-order valence-electron chi connectivity index (χ2n) is 4.26. The van der Waals surface area contributed by atoms with Gasteiger partial charge in [0, 0.05) is 10.9 Å². The minimum atomic E-state index is -0.351. The molecule has 2 nitrogen and oxygen atoms in total. The summed E-state index contributed by atoms with van der Waals surface area (Å²) in [5.74, 6) is -0.517. The number of hydrogen-bond donors (Lipinski definition) is 0. The van der Waals surface area contributed by atoms with Gasteiger partial charge in [0.15, 0.2) is 5.78 Å². The van der Waals surface area contributed by atoms with Crippen molar-refractivity contribution in [3.63, 3.8) is 0 Å². The standard InChI is InChI=1S/C16H10FNOS2/c17-12-5-3-11(4-6-12)14(19)8-7-13-10-21-16(18-13)15-2-1-9-20-15/h1-10H/b8-7+. The molecule has 0 bridgehead atoms. The zero-order valence-electron chi connectivity index (χ0n) is 10.8. The third kappa shape index (κ3) is 3.32. The van der Waals surface area contributed by atoms with Crippen LogP contribution in [0.15, 0.2) is 53.2 Å². The summed E-state index contributed by atoms with van der Waals surface area (Å²) in [7, 11) is 0. The van der Waals surface area contributed by atoms with Crippen LogP contribution in [0.25, 0.3) is 16.0 Å². The van der Waals surface area contributed by atoms with Crippen molar-refractivity contribution in [3.8, 4) is 9.88 Å². The van der Waals surface area contributed by atoms with E-state index in [-0.39, 0.29) is 11.6 Å². The summed E-state index contributed by atoms with van der Waals surface area (Å²) in [6.45, 7) is 0. The maximum absolute atomic E-state index is 12.8. The fourth-order valence-electron chi connectivity index (χ4n) is 1.75. The van der Waals surface area contributed by atoms with Gasteiger partial charge in [0.1, 0.15) is 10.8 Å². The summed E-state index contributed by atoms with van der Waals surface area (Å²) in [4.78, 5) is 17.5. The number of hydrogen-bond acceptors (Lipinski definition) is 4. The van der Waals surface area contributed by atoms with Crippen LogP contribution in [0.2, 0.25) is 0 Å². The van der Waals surface area contributed by atoms with E-state index in [0.717, 1.165) is 15.6 Å². The van der Waals surface area contributed by atoms with Gasteiger partial charge in [-0.25, -0.2) is 9.37 Å². The fourth-order valence-corrected chi connectivity index (χ4v) is 3.35. The predicted molar refractivity (Wildman–Crippen MR) is 85.2 cm³/mol. The molecule has 2 aromatic heterocycles. The zero-order chi connectivity index (χ0) is 14.7. The van der Waals surface area contributed by atoms with Gasteiger partial charge >= 0.3 is 0 Å². The molecule has 0 atom stereocenters. The van der Waals surface area contributed by atoms with Crippen molar-refractivity contribution in [3.05, 3.63) is 70.3 Å². The third-order valence-electron chi connectivity index (χ3n) is 2.79. The quantitative estimate of drug-likeness (QED) is 0.506. The maximum atomic E-state index is 12.8. The number of aromatic nitrogens is 1. The van der Waals surface area contributed by atoms with Gasteiger partial charge in [-0.1, -0.05) is 6.07 Å². The first-order valence-corrected chi connectivity index (χ1v) is 7.96. The van der Waals surface area contributed by atoms with Crippen LogP contribution in [0.3, 0.4) is 0 Å².